The molecule has 2 aliphatic rings. The van der Waals surface area contributed by atoms with Gasteiger partial charge in [-0.05, 0) is 26.4 Å². The number of carbonyl (C=O) groups is 2. The Morgan fingerprint density at radius 2 is 2.08 bits per heavy atom. The van der Waals surface area contributed by atoms with Gasteiger partial charge in [-0.2, -0.15) is 10.1 Å². The summed E-state index contributed by atoms with van der Waals surface area (Å²) < 4.78 is 0. The van der Waals surface area contributed by atoms with Crippen LogP contribution in [0.4, 0.5) is 10.7 Å². The van der Waals surface area contributed by atoms with E-state index in [-0.39, 0.29) is 12.5 Å². The van der Waals surface area contributed by atoms with Crippen molar-refractivity contribution in [2.75, 3.05) is 51.2 Å². The molecule has 3 N–H and O–H groups in total. The van der Waals surface area contributed by atoms with Crippen molar-refractivity contribution in [3.8, 4) is 0 Å². The summed E-state index contributed by atoms with van der Waals surface area (Å²) in [5.41, 5.74) is 0. The summed E-state index contributed by atoms with van der Waals surface area (Å²) in [5, 5.41) is 16.7. The minimum atomic E-state index is -0.250. The number of piperazine rings is 1. The maximum absolute atomic E-state index is 12.3. The van der Waals surface area contributed by atoms with Crippen molar-refractivity contribution in [3.63, 3.8) is 0 Å². The van der Waals surface area contributed by atoms with Gasteiger partial charge in [0.15, 0.2) is 0 Å². The number of H-pyrrole nitrogens is 1. The Bertz CT molecular complexity index is 517. The Balaban J connectivity index is 0.000000701. The summed E-state index contributed by atoms with van der Waals surface area (Å²) in [5.74, 6) is 0.781. The first-order chi connectivity index (χ1) is 12.2. The monoisotopic (exact) mass is 353 g/mol. The van der Waals surface area contributed by atoms with Crippen molar-refractivity contribution in [3.05, 3.63) is 6.33 Å². The normalized spacial score (nSPS) is 21.2. The zero-order valence-corrected chi connectivity index (χ0v) is 14.6. The molecule has 2 fully saturated rings. The largest absolute Gasteiger partial charge is 0.483 e. The fraction of sp³-hybridized carbons (Fsp3) is 0.733. The van der Waals surface area contributed by atoms with Crippen LogP contribution in [0.5, 0.6) is 0 Å². The van der Waals surface area contributed by atoms with Crippen molar-refractivity contribution < 1.29 is 14.7 Å². The van der Waals surface area contributed by atoms with E-state index in [1.807, 2.05) is 4.90 Å². The van der Waals surface area contributed by atoms with Gasteiger partial charge in [-0.1, -0.05) is 6.42 Å². The molecule has 0 saturated carbocycles. The van der Waals surface area contributed by atoms with Crippen LogP contribution in [0.1, 0.15) is 19.3 Å². The number of urea groups is 1. The molecule has 3 rings (SSSR count). The average Bonchev–Trinajstić information content (AvgIpc) is 3.16. The van der Waals surface area contributed by atoms with Gasteiger partial charge in [0, 0.05) is 38.8 Å². The molecular weight excluding hydrogens is 326 g/mol. The molecule has 1 aromatic heterocycles. The highest BCUT2D eigenvalue weighted by molar-refractivity contribution is 5.74. The molecule has 0 radical (unpaired) electrons. The SMILES string of the molecule is CN1CCCCC1CNC(=O)N1CCN(c2ncn[nH]2)CC1.O=CO. The van der Waals surface area contributed by atoms with E-state index in [2.05, 4.69) is 37.3 Å². The molecular formula is C15H27N7O3. The first-order valence-corrected chi connectivity index (χ1v) is 8.57. The van der Waals surface area contributed by atoms with E-state index in [1.165, 1.54) is 25.6 Å². The van der Waals surface area contributed by atoms with Gasteiger partial charge in [-0.15, -0.1) is 0 Å². The van der Waals surface area contributed by atoms with Gasteiger partial charge in [0.2, 0.25) is 5.95 Å². The number of carboxylic acid groups (broad SMARTS) is 1. The molecule has 0 aliphatic carbocycles. The standard InChI is InChI=1S/C14H25N7O.CH2O2/c1-19-5-3-2-4-12(19)10-15-14(22)21-8-6-20(7-9-21)13-16-11-17-18-13;2-1-3/h11-12H,2-10H2,1H3,(H,15,22)(H,16,17,18);1H,(H,2,3). The van der Waals surface area contributed by atoms with Crippen molar-refractivity contribution in [1.29, 1.82) is 0 Å². The van der Waals surface area contributed by atoms with E-state index in [0.717, 1.165) is 32.1 Å². The van der Waals surface area contributed by atoms with E-state index in [1.54, 1.807) is 0 Å². The Morgan fingerprint density at radius 1 is 1.36 bits per heavy atom. The molecule has 10 heteroatoms. The van der Waals surface area contributed by atoms with E-state index < -0.39 is 0 Å². The predicted octanol–water partition coefficient (Wildman–Crippen LogP) is -0.179. The first-order valence-electron chi connectivity index (χ1n) is 8.57. The number of carbonyl (C=O) groups excluding carboxylic acids is 1. The maximum atomic E-state index is 12.3. The molecule has 3 heterocycles. The number of likely N-dealkylation sites (tertiary alicyclic amines) is 1. The van der Waals surface area contributed by atoms with Gasteiger partial charge in [-0.25, -0.2) is 9.89 Å². The number of aromatic nitrogens is 3. The summed E-state index contributed by atoms with van der Waals surface area (Å²) in [6, 6.07) is 0.532. The molecule has 1 atom stereocenters. The molecule has 1 unspecified atom stereocenters. The van der Waals surface area contributed by atoms with Crippen molar-refractivity contribution in [2.45, 2.75) is 25.3 Å². The number of amides is 2. The number of anilines is 1. The summed E-state index contributed by atoms with van der Waals surface area (Å²) in [4.78, 5) is 31.1. The molecule has 2 amide bonds. The third kappa shape index (κ3) is 5.59. The number of likely N-dealkylation sites (N-methyl/N-ethyl adjacent to an activating group) is 1. The zero-order chi connectivity index (χ0) is 18.1. The lowest BCUT2D eigenvalue weighted by Gasteiger charge is -2.36. The second kappa shape index (κ2) is 9.82. The van der Waals surface area contributed by atoms with Crippen LogP contribution < -0.4 is 10.2 Å². The fourth-order valence-corrected chi connectivity index (χ4v) is 3.19. The fourth-order valence-electron chi connectivity index (χ4n) is 3.19. The summed E-state index contributed by atoms with van der Waals surface area (Å²) in [7, 11) is 2.14. The van der Waals surface area contributed by atoms with Crippen LogP contribution in [0.3, 0.4) is 0 Å². The molecule has 0 bridgehead atoms. The average molecular weight is 353 g/mol. The highest BCUT2D eigenvalue weighted by Gasteiger charge is 2.24. The number of piperidine rings is 1. The Labute approximate surface area is 147 Å². The molecule has 2 saturated heterocycles. The lowest BCUT2D eigenvalue weighted by molar-refractivity contribution is -0.122. The Kier molecular flexibility index (Phi) is 7.45. The smallest absolute Gasteiger partial charge is 0.317 e. The van der Waals surface area contributed by atoms with Crippen molar-refractivity contribution in [2.24, 2.45) is 0 Å². The minimum absolute atomic E-state index is 0.0520. The van der Waals surface area contributed by atoms with Crippen LogP contribution in [-0.4, -0.2) is 94.9 Å². The van der Waals surface area contributed by atoms with E-state index >= 15 is 0 Å². The Morgan fingerprint density at radius 3 is 2.68 bits per heavy atom. The molecule has 140 valence electrons. The Hall–Kier alpha value is -2.36. The second-order valence-corrected chi connectivity index (χ2v) is 6.20. The first kappa shape index (κ1) is 19.0. The van der Waals surface area contributed by atoms with E-state index in [4.69, 9.17) is 9.90 Å². The van der Waals surface area contributed by atoms with Gasteiger partial charge in [-0.3, -0.25) is 4.79 Å². The summed E-state index contributed by atoms with van der Waals surface area (Å²) in [6.45, 7) is 4.63. The highest BCUT2D eigenvalue weighted by Crippen LogP contribution is 2.14. The lowest BCUT2D eigenvalue weighted by atomic mass is 10.0. The molecule has 25 heavy (non-hydrogen) atoms. The molecule has 1 aromatic rings. The van der Waals surface area contributed by atoms with Gasteiger partial charge in [0.05, 0.1) is 0 Å². The molecule has 0 spiro atoms. The minimum Gasteiger partial charge on any atom is -0.483 e. The summed E-state index contributed by atoms with van der Waals surface area (Å²) in [6.07, 6.45) is 5.22. The van der Waals surface area contributed by atoms with Crippen molar-refractivity contribution >= 4 is 18.5 Å². The van der Waals surface area contributed by atoms with Gasteiger partial charge in [0.25, 0.3) is 6.47 Å². The van der Waals surface area contributed by atoms with Crippen LogP contribution in [0.2, 0.25) is 0 Å². The topological polar surface area (TPSA) is 118 Å². The second-order valence-electron chi connectivity index (χ2n) is 6.20. The number of nitrogens with zero attached hydrogens (tertiary/aromatic N) is 5. The van der Waals surface area contributed by atoms with Crippen LogP contribution in [0, 0.1) is 0 Å². The third-order valence-corrected chi connectivity index (χ3v) is 4.68. The number of rotatable bonds is 3. The third-order valence-electron chi connectivity index (χ3n) is 4.68. The number of aromatic amines is 1. The number of nitrogens with one attached hydrogen (secondary N) is 2. The van der Waals surface area contributed by atoms with Crippen LogP contribution in [0.25, 0.3) is 0 Å². The summed E-state index contributed by atoms with van der Waals surface area (Å²) >= 11 is 0. The highest BCUT2D eigenvalue weighted by atomic mass is 16.3. The zero-order valence-electron chi connectivity index (χ0n) is 14.6. The predicted molar refractivity (Wildman–Crippen MR) is 92.5 cm³/mol. The molecule has 0 aromatic carbocycles. The quantitative estimate of drug-likeness (QED) is 0.645. The van der Waals surface area contributed by atoms with E-state index in [0.29, 0.717) is 19.1 Å². The van der Waals surface area contributed by atoms with Crippen LogP contribution in [-0.2, 0) is 4.79 Å². The maximum Gasteiger partial charge on any atom is 0.317 e. The van der Waals surface area contributed by atoms with Gasteiger partial charge >= 0.3 is 6.03 Å². The number of hydrogen-bond acceptors (Lipinski definition) is 6. The van der Waals surface area contributed by atoms with Crippen LogP contribution in [0.15, 0.2) is 6.33 Å². The van der Waals surface area contributed by atoms with E-state index in [9.17, 15) is 4.79 Å². The van der Waals surface area contributed by atoms with Gasteiger partial charge < -0.3 is 25.1 Å². The number of hydrogen-bond donors (Lipinski definition) is 3. The molecule has 10 nitrogen and oxygen atoms in total. The van der Waals surface area contributed by atoms with Crippen molar-refractivity contribution in [1.82, 2.24) is 30.3 Å². The van der Waals surface area contributed by atoms with Gasteiger partial charge in [0.1, 0.15) is 6.33 Å². The molecule has 2 aliphatic heterocycles. The lowest BCUT2D eigenvalue weighted by Crippen LogP contribution is -2.54. The van der Waals surface area contributed by atoms with Crippen LogP contribution >= 0.6 is 0 Å².